The summed E-state index contributed by atoms with van der Waals surface area (Å²) in [5, 5.41) is 13.7. The van der Waals surface area contributed by atoms with E-state index in [1.165, 1.54) is 0 Å². The first-order chi connectivity index (χ1) is 9.25. The minimum absolute atomic E-state index is 0.0923. The quantitative estimate of drug-likeness (QED) is 0.793. The fraction of sp³-hybridized carbons (Fsp3) is 0.688. The van der Waals surface area contributed by atoms with Gasteiger partial charge in [-0.15, -0.1) is 0 Å². The van der Waals surface area contributed by atoms with Gasteiger partial charge in [-0.05, 0) is 38.3 Å². The van der Waals surface area contributed by atoms with Gasteiger partial charge in [0.25, 0.3) is 5.91 Å². The van der Waals surface area contributed by atoms with Gasteiger partial charge in [0.2, 0.25) is 0 Å². The molecule has 1 aliphatic rings. The van der Waals surface area contributed by atoms with Gasteiger partial charge in [0.1, 0.15) is 5.69 Å². The molecular weight excluding hydrogens is 252 g/mol. The molecule has 0 unspecified atom stereocenters. The minimum atomic E-state index is -0.652. The van der Waals surface area contributed by atoms with E-state index < -0.39 is 5.60 Å². The number of aromatic nitrogens is 1. The predicted molar refractivity (Wildman–Crippen MR) is 79.8 cm³/mol. The highest BCUT2D eigenvalue weighted by molar-refractivity contribution is 5.94. The van der Waals surface area contributed by atoms with E-state index in [-0.39, 0.29) is 11.3 Å². The van der Waals surface area contributed by atoms with Crippen molar-refractivity contribution < 1.29 is 9.90 Å². The first-order valence-electron chi connectivity index (χ1n) is 7.42. The number of H-pyrrole nitrogens is 1. The molecule has 0 radical (unpaired) electrons. The molecule has 4 nitrogen and oxygen atoms in total. The van der Waals surface area contributed by atoms with E-state index in [1.54, 1.807) is 0 Å². The molecule has 1 aliphatic carbocycles. The van der Waals surface area contributed by atoms with Crippen molar-refractivity contribution in [1.29, 1.82) is 0 Å². The third kappa shape index (κ3) is 2.75. The Hall–Kier alpha value is -1.29. The highest BCUT2D eigenvalue weighted by Crippen LogP contribution is 2.43. The molecule has 1 amide bonds. The van der Waals surface area contributed by atoms with E-state index in [0.29, 0.717) is 12.2 Å². The van der Waals surface area contributed by atoms with Crippen LogP contribution in [0.5, 0.6) is 0 Å². The molecule has 3 N–H and O–H groups in total. The number of aromatic amines is 1. The summed E-state index contributed by atoms with van der Waals surface area (Å²) < 4.78 is 0. The average molecular weight is 278 g/mol. The van der Waals surface area contributed by atoms with E-state index in [4.69, 9.17) is 0 Å². The first kappa shape index (κ1) is 15.1. The number of hydrogen-bond donors (Lipinski definition) is 3. The summed E-state index contributed by atoms with van der Waals surface area (Å²) in [4.78, 5) is 15.3. The monoisotopic (exact) mass is 278 g/mol. The van der Waals surface area contributed by atoms with Crippen molar-refractivity contribution >= 4 is 5.91 Å². The Balaban J connectivity index is 2.01. The molecule has 0 aliphatic heterocycles. The Morgan fingerprint density at radius 2 is 2.00 bits per heavy atom. The molecule has 1 heterocycles. The standard InChI is InChI=1S/C16H26N2O2/c1-11-9-12(2)18-13(11)14(19)17-10-15(3,4)16(20)7-5-6-8-16/h9,18,20H,5-8,10H2,1-4H3,(H,17,19). The van der Waals surface area contributed by atoms with Crippen LogP contribution in [0.25, 0.3) is 0 Å². The summed E-state index contributed by atoms with van der Waals surface area (Å²) in [7, 11) is 0. The smallest absolute Gasteiger partial charge is 0.267 e. The number of nitrogens with one attached hydrogen (secondary N) is 2. The number of amides is 1. The Kier molecular flexibility index (Phi) is 3.96. The summed E-state index contributed by atoms with van der Waals surface area (Å²) in [6.07, 6.45) is 3.80. The molecule has 4 heteroatoms. The summed E-state index contributed by atoms with van der Waals surface area (Å²) >= 11 is 0. The topological polar surface area (TPSA) is 65.1 Å². The summed E-state index contributed by atoms with van der Waals surface area (Å²) in [6, 6.07) is 1.96. The van der Waals surface area contributed by atoms with Gasteiger partial charge in [-0.3, -0.25) is 4.79 Å². The van der Waals surface area contributed by atoms with Crippen LogP contribution >= 0.6 is 0 Å². The molecule has 1 saturated carbocycles. The van der Waals surface area contributed by atoms with E-state index >= 15 is 0 Å². The average Bonchev–Trinajstić information content (AvgIpc) is 2.94. The van der Waals surface area contributed by atoms with Crippen molar-refractivity contribution in [2.45, 2.75) is 59.0 Å². The van der Waals surface area contributed by atoms with Crippen LogP contribution in [0, 0.1) is 19.3 Å². The van der Waals surface area contributed by atoms with E-state index in [2.05, 4.69) is 10.3 Å². The molecule has 0 spiro atoms. The lowest BCUT2D eigenvalue weighted by molar-refractivity contribution is -0.0590. The van der Waals surface area contributed by atoms with Crippen LogP contribution in [0.1, 0.15) is 61.3 Å². The lowest BCUT2D eigenvalue weighted by Gasteiger charge is -2.40. The zero-order chi connectivity index (χ0) is 15.0. The van der Waals surface area contributed by atoms with Crippen molar-refractivity contribution in [3.63, 3.8) is 0 Å². The lowest BCUT2D eigenvalue weighted by Crippen LogP contribution is -2.49. The molecule has 0 atom stereocenters. The third-order valence-corrected chi connectivity index (χ3v) is 4.76. The van der Waals surface area contributed by atoms with Gasteiger partial charge in [-0.1, -0.05) is 26.7 Å². The van der Waals surface area contributed by atoms with Gasteiger partial charge in [0.05, 0.1) is 5.60 Å². The molecule has 0 aromatic carbocycles. The number of rotatable bonds is 4. The fourth-order valence-electron chi connectivity index (χ4n) is 3.16. The van der Waals surface area contributed by atoms with Crippen molar-refractivity contribution in [2.24, 2.45) is 5.41 Å². The van der Waals surface area contributed by atoms with Crippen LogP contribution in [0.3, 0.4) is 0 Å². The van der Waals surface area contributed by atoms with Gasteiger partial charge in [0, 0.05) is 17.7 Å². The molecule has 20 heavy (non-hydrogen) atoms. The maximum atomic E-state index is 12.2. The molecule has 1 fully saturated rings. The molecule has 0 bridgehead atoms. The van der Waals surface area contributed by atoms with Crippen LogP contribution in [0.15, 0.2) is 6.07 Å². The molecule has 0 saturated heterocycles. The third-order valence-electron chi connectivity index (χ3n) is 4.76. The van der Waals surface area contributed by atoms with Gasteiger partial charge >= 0.3 is 0 Å². The van der Waals surface area contributed by atoms with Gasteiger partial charge in [0.15, 0.2) is 0 Å². The summed E-state index contributed by atoms with van der Waals surface area (Å²) in [5.41, 5.74) is 1.60. The van der Waals surface area contributed by atoms with Crippen LogP contribution < -0.4 is 5.32 Å². The van der Waals surface area contributed by atoms with Crippen LogP contribution in [-0.2, 0) is 0 Å². The first-order valence-corrected chi connectivity index (χ1v) is 7.42. The summed E-state index contributed by atoms with van der Waals surface area (Å²) in [6.45, 7) is 8.42. The number of carbonyl (C=O) groups excluding carboxylic acids is 1. The molecule has 1 aromatic rings. The molecule has 1 aromatic heterocycles. The van der Waals surface area contributed by atoms with Crippen LogP contribution in [0.2, 0.25) is 0 Å². The van der Waals surface area contributed by atoms with E-state index in [1.807, 2.05) is 33.8 Å². The Bertz CT molecular complexity index is 497. The summed E-state index contributed by atoms with van der Waals surface area (Å²) in [5.74, 6) is -0.0923. The molecule has 2 rings (SSSR count). The highest BCUT2D eigenvalue weighted by Gasteiger charge is 2.45. The predicted octanol–water partition coefficient (Wildman–Crippen LogP) is 2.69. The lowest BCUT2D eigenvalue weighted by atomic mass is 9.73. The van der Waals surface area contributed by atoms with Crippen molar-refractivity contribution in [1.82, 2.24) is 10.3 Å². The largest absolute Gasteiger partial charge is 0.389 e. The zero-order valence-corrected chi connectivity index (χ0v) is 13.0. The number of aliphatic hydroxyl groups is 1. The molecule has 112 valence electrons. The second-order valence-corrected chi connectivity index (χ2v) is 6.82. The van der Waals surface area contributed by atoms with Gasteiger partial charge in [-0.25, -0.2) is 0 Å². The van der Waals surface area contributed by atoms with Crippen molar-refractivity contribution in [2.75, 3.05) is 6.54 Å². The molecular formula is C16H26N2O2. The van der Waals surface area contributed by atoms with Gasteiger partial charge < -0.3 is 15.4 Å². The normalized spacial score (nSPS) is 18.2. The second kappa shape index (κ2) is 5.24. The number of carbonyl (C=O) groups is 1. The second-order valence-electron chi connectivity index (χ2n) is 6.82. The van der Waals surface area contributed by atoms with Crippen LogP contribution in [0.4, 0.5) is 0 Å². The van der Waals surface area contributed by atoms with Crippen LogP contribution in [-0.4, -0.2) is 28.1 Å². The van der Waals surface area contributed by atoms with E-state index in [9.17, 15) is 9.90 Å². The SMILES string of the molecule is Cc1cc(C)c(C(=O)NCC(C)(C)C2(O)CCCC2)[nH]1. The maximum Gasteiger partial charge on any atom is 0.267 e. The Morgan fingerprint density at radius 1 is 1.40 bits per heavy atom. The number of aryl methyl sites for hydroxylation is 2. The highest BCUT2D eigenvalue weighted by atomic mass is 16.3. The maximum absolute atomic E-state index is 12.2. The Morgan fingerprint density at radius 3 is 2.50 bits per heavy atom. The van der Waals surface area contributed by atoms with Crippen molar-refractivity contribution in [3.05, 3.63) is 23.0 Å². The zero-order valence-electron chi connectivity index (χ0n) is 13.0. The van der Waals surface area contributed by atoms with Gasteiger partial charge in [-0.2, -0.15) is 0 Å². The Labute approximate surface area is 121 Å². The van der Waals surface area contributed by atoms with E-state index in [0.717, 1.165) is 36.9 Å². The van der Waals surface area contributed by atoms with Crippen molar-refractivity contribution in [3.8, 4) is 0 Å². The fourth-order valence-corrected chi connectivity index (χ4v) is 3.16. The minimum Gasteiger partial charge on any atom is -0.389 e. The number of hydrogen-bond acceptors (Lipinski definition) is 2.